The van der Waals surface area contributed by atoms with E-state index in [1.165, 1.54) is 0 Å². The molecule has 6 nitrogen and oxygen atoms in total. The number of hydrogen-bond donors (Lipinski definition) is 2. The number of methoxy groups -OCH3 is 1. The molecule has 38 heavy (non-hydrogen) atoms. The van der Waals surface area contributed by atoms with Crippen LogP contribution >= 0.6 is 11.6 Å². The fourth-order valence-electron chi connectivity index (χ4n) is 4.85. The molecule has 0 saturated carbocycles. The number of ether oxygens (including phenoxy) is 2. The van der Waals surface area contributed by atoms with Crippen LogP contribution in [-0.2, 0) is 16.1 Å². The van der Waals surface area contributed by atoms with Crippen LogP contribution in [0.25, 0.3) is 11.1 Å². The Hall–Kier alpha value is -2.97. The van der Waals surface area contributed by atoms with Gasteiger partial charge in [-0.25, -0.2) is 4.39 Å². The highest BCUT2D eigenvalue weighted by Crippen LogP contribution is 2.39. The van der Waals surface area contributed by atoms with Crippen molar-refractivity contribution >= 4 is 17.5 Å². The zero-order chi connectivity index (χ0) is 27.1. The van der Waals surface area contributed by atoms with Gasteiger partial charge in [-0.3, -0.25) is 4.79 Å². The van der Waals surface area contributed by atoms with Gasteiger partial charge >= 0.3 is 0 Å². The molecule has 3 N–H and O–H groups in total. The fourth-order valence-corrected chi connectivity index (χ4v) is 5.06. The second-order valence-corrected chi connectivity index (χ2v) is 10.0. The first kappa shape index (κ1) is 28.0. The van der Waals surface area contributed by atoms with E-state index in [1.54, 1.807) is 26.2 Å². The topological polar surface area (TPSA) is 76.8 Å². The first-order valence-electron chi connectivity index (χ1n) is 12.9. The lowest BCUT2D eigenvalue weighted by Gasteiger charge is -2.38. The Balaban J connectivity index is 1.65. The summed E-state index contributed by atoms with van der Waals surface area (Å²) in [5.74, 6) is 0.106. The van der Waals surface area contributed by atoms with Gasteiger partial charge in [0.25, 0.3) is 0 Å². The summed E-state index contributed by atoms with van der Waals surface area (Å²) in [6, 6.07) is 19.2. The highest BCUT2D eigenvalue weighted by Gasteiger charge is 2.28. The van der Waals surface area contributed by atoms with Gasteiger partial charge in [-0.05, 0) is 34.9 Å². The molecular weight excluding hydrogens is 505 g/mol. The molecule has 1 aliphatic rings. The lowest BCUT2D eigenvalue weighted by atomic mass is 9.88. The molecule has 0 radical (unpaired) electrons. The predicted octanol–water partition coefficient (Wildman–Crippen LogP) is 4.83. The van der Waals surface area contributed by atoms with Crippen LogP contribution in [0.1, 0.15) is 29.5 Å². The Bertz CT molecular complexity index is 1230. The van der Waals surface area contributed by atoms with Gasteiger partial charge in [0, 0.05) is 74.7 Å². The van der Waals surface area contributed by atoms with Crippen LogP contribution in [-0.4, -0.2) is 57.3 Å². The summed E-state index contributed by atoms with van der Waals surface area (Å²) in [7, 11) is 1.57. The van der Waals surface area contributed by atoms with Crippen LogP contribution in [0.15, 0.2) is 60.7 Å². The van der Waals surface area contributed by atoms with Crippen molar-refractivity contribution in [2.24, 2.45) is 11.7 Å². The number of nitrogens with one attached hydrogen (secondary N) is 1. The van der Waals surface area contributed by atoms with Gasteiger partial charge in [0.2, 0.25) is 5.91 Å². The van der Waals surface area contributed by atoms with Crippen molar-refractivity contribution in [2.75, 3.05) is 46.5 Å². The summed E-state index contributed by atoms with van der Waals surface area (Å²) in [4.78, 5) is 13.3. The highest BCUT2D eigenvalue weighted by molar-refractivity contribution is 6.33. The maximum absolute atomic E-state index is 16.0. The molecule has 1 heterocycles. The second-order valence-electron chi connectivity index (χ2n) is 9.61. The Morgan fingerprint density at radius 1 is 1.13 bits per heavy atom. The van der Waals surface area contributed by atoms with Crippen LogP contribution < -0.4 is 15.8 Å². The van der Waals surface area contributed by atoms with Crippen molar-refractivity contribution in [3.05, 3.63) is 88.2 Å². The van der Waals surface area contributed by atoms with Gasteiger partial charge in [-0.15, -0.1) is 0 Å². The van der Waals surface area contributed by atoms with Gasteiger partial charge in [0.1, 0.15) is 6.61 Å². The molecule has 3 aromatic carbocycles. The standard InChI is InChI=1S/C30H35ClFN3O3/c1-20(36)35-18-21(19-35)16-34-17-24-9-11-28(38-13-12-37-2)30(32)29(24)25-14-23(8-10-27(25)31)26(15-33)22-6-4-3-5-7-22/h3-11,14,21,26,34H,12-13,15-19,33H2,1-2H3. The molecule has 1 aliphatic heterocycles. The predicted molar refractivity (Wildman–Crippen MR) is 149 cm³/mol. The van der Waals surface area contributed by atoms with E-state index in [-0.39, 0.29) is 24.2 Å². The molecule has 1 atom stereocenters. The molecule has 1 unspecified atom stereocenters. The quantitative estimate of drug-likeness (QED) is 0.322. The third-order valence-corrected chi connectivity index (χ3v) is 7.32. The zero-order valence-electron chi connectivity index (χ0n) is 21.9. The maximum atomic E-state index is 16.0. The highest BCUT2D eigenvalue weighted by atomic mass is 35.5. The second kappa shape index (κ2) is 13.2. The number of likely N-dealkylation sites (tertiary alicyclic amines) is 1. The number of carbonyl (C=O) groups excluding carboxylic acids is 1. The lowest BCUT2D eigenvalue weighted by molar-refractivity contribution is -0.134. The molecule has 0 bridgehead atoms. The Kier molecular flexibility index (Phi) is 9.74. The molecule has 3 aromatic rings. The smallest absolute Gasteiger partial charge is 0.219 e. The van der Waals surface area contributed by atoms with Crippen LogP contribution in [0.4, 0.5) is 4.39 Å². The first-order chi connectivity index (χ1) is 18.4. The molecule has 1 amide bonds. The SMILES string of the molecule is COCCOc1ccc(CNCC2CN(C(C)=O)C2)c(-c2cc(C(CN)c3ccccc3)ccc2Cl)c1F. The summed E-state index contributed by atoms with van der Waals surface area (Å²) >= 11 is 6.69. The largest absolute Gasteiger partial charge is 0.488 e. The fraction of sp³-hybridized carbons (Fsp3) is 0.367. The monoisotopic (exact) mass is 539 g/mol. The van der Waals surface area contributed by atoms with Gasteiger partial charge in [-0.2, -0.15) is 0 Å². The van der Waals surface area contributed by atoms with E-state index in [1.807, 2.05) is 53.4 Å². The van der Waals surface area contributed by atoms with Crippen molar-refractivity contribution in [1.82, 2.24) is 10.2 Å². The van der Waals surface area contributed by atoms with E-state index in [4.69, 9.17) is 26.8 Å². The number of nitrogens with two attached hydrogens (primary N) is 1. The zero-order valence-corrected chi connectivity index (χ0v) is 22.6. The van der Waals surface area contributed by atoms with Crippen molar-refractivity contribution in [2.45, 2.75) is 19.4 Å². The molecule has 8 heteroatoms. The van der Waals surface area contributed by atoms with Gasteiger partial charge < -0.3 is 25.4 Å². The van der Waals surface area contributed by atoms with Crippen molar-refractivity contribution in [3.63, 3.8) is 0 Å². The van der Waals surface area contributed by atoms with Crippen molar-refractivity contribution < 1.29 is 18.7 Å². The average Bonchev–Trinajstić information content (AvgIpc) is 2.89. The van der Waals surface area contributed by atoms with Gasteiger partial charge in [-0.1, -0.05) is 54.1 Å². The number of rotatable bonds is 12. The number of benzene rings is 3. The van der Waals surface area contributed by atoms with Crippen LogP contribution in [0, 0.1) is 11.7 Å². The Labute approximate surface area is 228 Å². The molecule has 1 fully saturated rings. The minimum absolute atomic E-state index is 0.0548. The van der Waals surface area contributed by atoms with E-state index in [0.717, 1.165) is 36.3 Å². The summed E-state index contributed by atoms with van der Waals surface area (Å²) in [5, 5.41) is 3.88. The van der Waals surface area contributed by atoms with Crippen LogP contribution in [0.5, 0.6) is 5.75 Å². The molecule has 4 rings (SSSR count). The van der Waals surface area contributed by atoms with Crippen LogP contribution in [0.3, 0.4) is 0 Å². The number of nitrogens with zero attached hydrogens (tertiary/aromatic N) is 1. The summed E-state index contributed by atoms with van der Waals surface area (Å²) in [5.41, 5.74) is 10.00. The summed E-state index contributed by atoms with van der Waals surface area (Å²) in [6.45, 7) is 5.22. The minimum atomic E-state index is -0.463. The van der Waals surface area contributed by atoms with Gasteiger partial charge in [0.05, 0.1) is 6.61 Å². The number of amides is 1. The molecule has 202 valence electrons. The minimum Gasteiger partial charge on any atom is -0.488 e. The normalized spacial score (nSPS) is 14.3. The van der Waals surface area contributed by atoms with E-state index >= 15 is 4.39 Å². The van der Waals surface area contributed by atoms with Crippen LogP contribution in [0.2, 0.25) is 5.02 Å². The molecule has 0 aliphatic carbocycles. The Morgan fingerprint density at radius 3 is 2.58 bits per heavy atom. The lowest BCUT2D eigenvalue weighted by Crippen LogP contribution is -2.52. The van der Waals surface area contributed by atoms with E-state index in [9.17, 15) is 4.79 Å². The van der Waals surface area contributed by atoms with E-state index < -0.39 is 5.82 Å². The molecule has 0 aromatic heterocycles. The molecule has 1 saturated heterocycles. The summed E-state index contributed by atoms with van der Waals surface area (Å²) in [6.07, 6.45) is 0. The van der Waals surface area contributed by atoms with E-state index in [2.05, 4.69) is 5.32 Å². The average molecular weight is 540 g/mol. The Morgan fingerprint density at radius 2 is 1.89 bits per heavy atom. The molecule has 0 spiro atoms. The van der Waals surface area contributed by atoms with Gasteiger partial charge in [0.15, 0.2) is 11.6 Å². The third kappa shape index (κ3) is 6.53. The number of hydrogen-bond acceptors (Lipinski definition) is 5. The van der Waals surface area contributed by atoms with Crippen molar-refractivity contribution in [1.29, 1.82) is 0 Å². The summed E-state index contributed by atoms with van der Waals surface area (Å²) < 4.78 is 26.8. The number of carbonyl (C=O) groups is 1. The third-order valence-electron chi connectivity index (χ3n) is 6.99. The molecular formula is C30H35ClFN3O3. The first-order valence-corrected chi connectivity index (χ1v) is 13.2. The number of halogens is 2. The maximum Gasteiger partial charge on any atom is 0.219 e. The van der Waals surface area contributed by atoms with Crippen molar-refractivity contribution in [3.8, 4) is 16.9 Å². The van der Waals surface area contributed by atoms with E-state index in [0.29, 0.717) is 41.8 Å².